The molecular weight excluding hydrogens is 249 g/mol. The first-order valence-corrected chi connectivity index (χ1v) is 4.94. The number of benzene rings is 1. The summed E-state index contributed by atoms with van der Waals surface area (Å²) >= 11 is 0. The van der Waals surface area contributed by atoms with Gasteiger partial charge in [-0.2, -0.15) is 23.9 Å². The molecule has 0 aliphatic carbocycles. The van der Waals surface area contributed by atoms with Gasteiger partial charge in [-0.25, -0.2) is 0 Å². The van der Waals surface area contributed by atoms with Crippen molar-refractivity contribution in [3.8, 4) is 11.8 Å². The molecule has 0 amide bonds. The van der Waals surface area contributed by atoms with Crippen molar-refractivity contribution < 1.29 is 22.7 Å². The second-order valence-electron chi connectivity index (χ2n) is 3.37. The molecule has 1 N–H and O–H groups in total. The van der Waals surface area contributed by atoms with E-state index < -0.39 is 12.8 Å². The van der Waals surface area contributed by atoms with Crippen LogP contribution in [0.4, 0.5) is 13.2 Å². The number of hydroxylamine groups is 1. The van der Waals surface area contributed by atoms with E-state index in [1.807, 2.05) is 6.07 Å². The number of halogens is 3. The number of methoxy groups -OCH3 is 1. The second-order valence-corrected chi connectivity index (χ2v) is 3.37. The molecule has 0 fully saturated rings. The quantitative estimate of drug-likeness (QED) is 0.651. The van der Waals surface area contributed by atoms with Crippen LogP contribution in [0.3, 0.4) is 0 Å². The fourth-order valence-corrected chi connectivity index (χ4v) is 1.22. The molecule has 7 heteroatoms. The van der Waals surface area contributed by atoms with E-state index in [0.717, 1.165) is 0 Å². The van der Waals surface area contributed by atoms with Crippen molar-refractivity contribution in [3.05, 3.63) is 29.3 Å². The molecular formula is C11H11F3N2O2. The number of rotatable bonds is 5. The van der Waals surface area contributed by atoms with Crippen LogP contribution in [0.15, 0.2) is 18.2 Å². The Labute approximate surface area is 102 Å². The number of nitrogens with zero attached hydrogens (tertiary/aromatic N) is 1. The first-order chi connectivity index (χ1) is 8.46. The first kappa shape index (κ1) is 14.3. The zero-order valence-corrected chi connectivity index (χ0v) is 9.54. The molecule has 0 radical (unpaired) electrons. The van der Waals surface area contributed by atoms with E-state index in [-0.39, 0.29) is 6.54 Å². The van der Waals surface area contributed by atoms with Crippen LogP contribution in [0, 0.1) is 11.3 Å². The third kappa shape index (κ3) is 4.61. The highest BCUT2D eigenvalue weighted by Crippen LogP contribution is 2.19. The monoisotopic (exact) mass is 260 g/mol. The lowest BCUT2D eigenvalue weighted by molar-refractivity contribution is -0.190. The Kier molecular flexibility index (Phi) is 4.95. The molecule has 0 aliphatic rings. The second kappa shape index (κ2) is 6.23. The Morgan fingerprint density at radius 3 is 2.67 bits per heavy atom. The third-order valence-corrected chi connectivity index (χ3v) is 2.00. The number of nitriles is 1. The Morgan fingerprint density at radius 1 is 1.39 bits per heavy atom. The van der Waals surface area contributed by atoms with Crippen LogP contribution in [-0.2, 0) is 11.4 Å². The van der Waals surface area contributed by atoms with Crippen LogP contribution < -0.4 is 10.2 Å². The van der Waals surface area contributed by atoms with Crippen LogP contribution >= 0.6 is 0 Å². The van der Waals surface area contributed by atoms with Gasteiger partial charge in [-0.3, -0.25) is 4.84 Å². The summed E-state index contributed by atoms with van der Waals surface area (Å²) in [5, 5.41) is 8.82. The van der Waals surface area contributed by atoms with Crippen LogP contribution in [0.25, 0.3) is 0 Å². The van der Waals surface area contributed by atoms with Crippen molar-refractivity contribution in [2.24, 2.45) is 0 Å². The molecule has 18 heavy (non-hydrogen) atoms. The summed E-state index contributed by atoms with van der Waals surface area (Å²) < 4.78 is 40.3. The van der Waals surface area contributed by atoms with E-state index in [2.05, 4.69) is 10.3 Å². The average molecular weight is 260 g/mol. The van der Waals surface area contributed by atoms with Gasteiger partial charge in [0.05, 0.1) is 12.7 Å². The van der Waals surface area contributed by atoms with E-state index in [9.17, 15) is 13.2 Å². The van der Waals surface area contributed by atoms with Gasteiger partial charge < -0.3 is 4.74 Å². The van der Waals surface area contributed by atoms with E-state index in [4.69, 9.17) is 10.00 Å². The zero-order chi connectivity index (χ0) is 13.6. The van der Waals surface area contributed by atoms with Gasteiger partial charge in [-0.1, -0.05) is 6.07 Å². The predicted octanol–water partition coefficient (Wildman–Crippen LogP) is 2.15. The van der Waals surface area contributed by atoms with Gasteiger partial charge >= 0.3 is 6.18 Å². The van der Waals surface area contributed by atoms with Gasteiger partial charge in [0.2, 0.25) is 0 Å². The zero-order valence-electron chi connectivity index (χ0n) is 9.54. The smallest absolute Gasteiger partial charge is 0.413 e. The largest absolute Gasteiger partial charge is 0.495 e. The van der Waals surface area contributed by atoms with E-state index in [1.165, 1.54) is 13.2 Å². The summed E-state index contributed by atoms with van der Waals surface area (Å²) in [5.74, 6) is 0.414. The molecule has 0 bridgehead atoms. The summed E-state index contributed by atoms with van der Waals surface area (Å²) in [5.41, 5.74) is 3.11. The lowest BCUT2D eigenvalue weighted by atomic mass is 10.1. The minimum absolute atomic E-state index is 0.0642. The summed E-state index contributed by atoms with van der Waals surface area (Å²) in [4.78, 5) is 4.24. The van der Waals surface area contributed by atoms with E-state index in [0.29, 0.717) is 16.9 Å². The fraction of sp³-hybridized carbons (Fsp3) is 0.364. The molecule has 0 saturated carbocycles. The molecule has 98 valence electrons. The summed E-state index contributed by atoms with van der Waals surface area (Å²) in [6.45, 7) is -1.30. The molecule has 1 aromatic carbocycles. The molecule has 0 saturated heterocycles. The highest BCUT2D eigenvalue weighted by Gasteiger charge is 2.27. The summed E-state index contributed by atoms with van der Waals surface area (Å²) in [6, 6.07) is 6.64. The van der Waals surface area contributed by atoms with Gasteiger partial charge in [0.15, 0.2) is 6.61 Å². The van der Waals surface area contributed by atoms with Gasteiger partial charge in [-0.05, 0) is 17.7 Å². The van der Waals surface area contributed by atoms with Gasteiger partial charge in [0.25, 0.3) is 0 Å². The normalized spacial score (nSPS) is 11.1. The van der Waals surface area contributed by atoms with E-state index >= 15 is 0 Å². The Hall–Kier alpha value is -1.78. The lowest BCUT2D eigenvalue weighted by Crippen LogP contribution is -2.24. The Morgan fingerprint density at radius 2 is 2.11 bits per heavy atom. The maximum Gasteiger partial charge on any atom is 0.413 e. The fourth-order valence-electron chi connectivity index (χ4n) is 1.22. The van der Waals surface area contributed by atoms with Crippen molar-refractivity contribution in [3.63, 3.8) is 0 Å². The predicted molar refractivity (Wildman–Crippen MR) is 56.6 cm³/mol. The van der Waals surface area contributed by atoms with Crippen molar-refractivity contribution in [1.82, 2.24) is 5.48 Å². The lowest BCUT2D eigenvalue weighted by Gasteiger charge is -2.09. The van der Waals surface area contributed by atoms with Gasteiger partial charge in [0.1, 0.15) is 11.8 Å². The molecule has 0 aliphatic heterocycles. The van der Waals surface area contributed by atoms with Crippen molar-refractivity contribution >= 4 is 0 Å². The maximum absolute atomic E-state index is 11.8. The summed E-state index contributed by atoms with van der Waals surface area (Å²) in [7, 11) is 1.43. The SMILES string of the molecule is COc1ccc(CNOCC(F)(F)F)cc1C#N. The first-order valence-electron chi connectivity index (χ1n) is 4.94. The summed E-state index contributed by atoms with van der Waals surface area (Å²) in [6.07, 6.45) is -4.37. The van der Waals surface area contributed by atoms with Gasteiger partial charge in [0, 0.05) is 6.54 Å². The molecule has 1 rings (SSSR count). The standard InChI is InChI=1S/C11H11F3N2O2/c1-17-10-3-2-8(4-9(10)5-15)6-16-18-7-11(12,13)14/h2-4,16H,6-7H2,1H3. The van der Waals surface area contributed by atoms with Crippen LogP contribution in [0.1, 0.15) is 11.1 Å². The van der Waals surface area contributed by atoms with E-state index in [1.54, 1.807) is 12.1 Å². The number of nitrogens with one attached hydrogen (secondary N) is 1. The molecule has 4 nitrogen and oxygen atoms in total. The average Bonchev–Trinajstić information content (AvgIpc) is 2.33. The number of hydrogen-bond donors (Lipinski definition) is 1. The molecule has 0 unspecified atom stereocenters. The molecule has 0 atom stereocenters. The number of alkyl halides is 3. The topological polar surface area (TPSA) is 54.3 Å². The Balaban J connectivity index is 2.51. The molecule has 0 aromatic heterocycles. The van der Waals surface area contributed by atoms with Crippen LogP contribution in [-0.4, -0.2) is 19.9 Å². The minimum atomic E-state index is -4.37. The van der Waals surface area contributed by atoms with Crippen molar-refractivity contribution in [1.29, 1.82) is 5.26 Å². The van der Waals surface area contributed by atoms with Crippen LogP contribution in [0.5, 0.6) is 5.75 Å². The molecule has 1 aromatic rings. The molecule has 0 heterocycles. The number of ether oxygens (including phenoxy) is 1. The van der Waals surface area contributed by atoms with Gasteiger partial charge in [-0.15, -0.1) is 0 Å². The maximum atomic E-state index is 11.8. The van der Waals surface area contributed by atoms with Crippen LogP contribution in [0.2, 0.25) is 0 Å². The highest BCUT2D eigenvalue weighted by atomic mass is 19.4. The third-order valence-electron chi connectivity index (χ3n) is 2.00. The van der Waals surface area contributed by atoms with Crippen molar-refractivity contribution in [2.45, 2.75) is 12.7 Å². The Bertz CT molecular complexity index is 441. The highest BCUT2D eigenvalue weighted by molar-refractivity contribution is 5.45. The minimum Gasteiger partial charge on any atom is -0.495 e. The molecule has 0 spiro atoms. The number of hydrogen-bond acceptors (Lipinski definition) is 4. The van der Waals surface area contributed by atoms with Crippen molar-refractivity contribution in [2.75, 3.05) is 13.7 Å².